The van der Waals surface area contributed by atoms with Gasteiger partial charge in [0, 0.05) is 12.6 Å². The standard InChI is InChI=1S/C8H9BrFN3/c1-13-5-3-2-4(8(11)12)6(9)7(5)10/h2-3,13H,1H3,(H3,11,12). The molecule has 5 heteroatoms. The molecule has 0 atom stereocenters. The normalized spacial score (nSPS) is 9.77. The van der Waals surface area contributed by atoms with Gasteiger partial charge in [-0.1, -0.05) is 0 Å². The van der Waals surface area contributed by atoms with Gasteiger partial charge in [0.15, 0.2) is 5.82 Å². The maximum atomic E-state index is 13.4. The lowest BCUT2D eigenvalue weighted by atomic mass is 10.2. The van der Waals surface area contributed by atoms with Crippen LogP contribution in [0.5, 0.6) is 0 Å². The van der Waals surface area contributed by atoms with Crippen LogP contribution in [0.1, 0.15) is 5.56 Å². The first-order valence-corrected chi connectivity index (χ1v) is 4.37. The fourth-order valence-electron chi connectivity index (χ4n) is 0.951. The quantitative estimate of drug-likeness (QED) is 0.551. The van der Waals surface area contributed by atoms with E-state index in [1.165, 1.54) is 6.07 Å². The number of benzene rings is 1. The van der Waals surface area contributed by atoms with E-state index in [1.54, 1.807) is 13.1 Å². The van der Waals surface area contributed by atoms with Crippen molar-refractivity contribution in [3.8, 4) is 0 Å². The minimum Gasteiger partial charge on any atom is -0.386 e. The molecule has 0 spiro atoms. The lowest BCUT2D eigenvalue weighted by Crippen LogP contribution is -2.12. The fraction of sp³-hybridized carbons (Fsp3) is 0.125. The lowest BCUT2D eigenvalue weighted by Gasteiger charge is -2.07. The Morgan fingerprint density at radius 2 is 2.23 bits per heavy atom. The molecule has 0 heterocycles. The van der Waals surface area contributed by atoms with Crippen LogP contribution in [0.4, 0.5) is 10.1 Å². The monoisotopic (exact) mass is 245 g/mol. The molecule has 3 nitrogen and oxygen atoms in total. The molecule has 0 bridgehead atoms. The average Bonchev–Trinajstić information content (AvgIpc) is 2.09. The molecule has 70 valence electrons. The van der Waals surface area contributed by atoms with Crippen molar-refractivity contribution in [2.45, 2.75) is 0 Å². The Balaban J connectivity index is 3.31. The van der Waals surface area contributed by atoms with Gasteiger partial charge in [0.2, 0.25) is 0 Å². The van der Waals surface area contributed by atoms with E-state index < -0.39 is 5.82 Å². The van der Waals surface area contributed by atoms with Crippen LogP contribution in [0, 0.1) is 11.2 Å². The first-order chi connectivity index (χ1) is 6.07. The number of halogens is 2. The predicted octanol–water partition coefficient (Wildman–Crippen LogP) is 1.91. The Morgan fingerprint density at radius 3 is 2.69 bits per heavy atom. The second-order valence-electron chi connectivity index (χ2n) is 2.45. The number of hydrogen-bond donors (Lipinski definition) is 3. The summed E-state index contributed by atoms with van der Waals surface area (Å²) in [5.41, 5.74) is 5.97. The zero-order valence-electron chi connectivity index (χ0n) is 6.99. The molecule has 0 unspecified atom stereocenters. The van der Waals surface area contributed by atoms with Gasteiger partial charge in [0.1, 0.15) is 5.84 Å². The Labute approximate surface area is 83.8 Å². The van der Waals surface area contributed by atoms with Crippen LogP contribution in [0.15, 0.2) is 16.6 Å². The molecule has 4 N–H and O–H groups in total. The van der Waals surface area contributed by atoms with Gasteiger partial charge in [-0.3, -0.25) is 5.41 Å². The molecule has 1 aromatic rings. The second kappa shape index (κ2) is 3.74. The van der Waals surface area contributed by atoms with Crippen molar-refractivity contribution in [2.75, 3.05) is 12.4 Å². The SMILES string of the molecule is CNc1ccc(C(=N)N)c(Br)c1F. The lowest BCUT2D eigenvalue weighted by molar-refractivity contribution is 0.624. The van der Waals surface area contributed by atoms with E-state index in [-0.39, 0.29) is 10.3 Å². The third-order valence-corrected chi connectivity index (χ3v) is 2.42. The summed E-state index contributed by atoms with van der Waals surface area (Å²) in [5, 5.41) is 9.85. The van der Waals surface area contributed by atoms with E-state index >= 15 is 0 Å². The Kier molecular flexibility index (Phi) is 2.87. The van der Waals surface area contributed by atoms with E-state index in [9.17, 15) is 4.39 Å². The zero-order valence-corrected chi connectivity index (χ0v) is 8.57. The molecular weight excluding hydrogens is 237 g/mol. The minimum atomic E-state index is -0.435. The smallest absolute Gasteiger partial charge is 0.161 e. The average molecular weight is 246 g/mol. The topological polar surface area (TPSA) is 61.9 Å². The molecule has 0 aliphatic heterocycles. The first-order valence-electron chi connectivity index (χ1n) is 3.58. The summed E-state index contributed by atoms with van der Waals surface area (Å²) in [7, 11) is 1.62. The van der Waals surface area contributed by atoms with Gasteiger partial charge in [-0.25, -0.2) is 4.39 Å². The third kappa shape index (κ3) is 1.80. The fourth-order valence-corrected chi connectivity index (χ4v) is 1.51. The number of nitrogens with two attached hydrogens (primary N) is 1. The van der Waals surface area contributed by atoms with E-state index in [2.05, 4.69) is 21.2 Å². The highest BCUT2D eigenvalue weighted by molar-refractivity contribution is 9.10. The summed E-state index contributed by atoms with van der Waals surface area (Å²) in [6, 6.07) is 3.12. The maximum Gasteiger partial charge on any atom is 0.161 e. The van der Waals surface area contributed by atoms with Gasteiger partial charge >= 0.3 is 0 Å². The Hall–Kier alpha value is -1.10. The number of amidine groups is 1. The third-order valence-electron chi connectivity index (χ3n) is 1.64. The molecule has 0 saturated heterocycles. The highest BCUT2D eigenvalue weighted by Crippen LogP contribution is 2.26. The molecule has 0 amide bonds. The molecule has 0 aliphatic carbocycles. The Morgan fingerprint density at radius 1 is 1.62 bits per heavy atom. The van der Waals surface area contributed by atoms with Crippen molar-refractivity contribution in [2.24, 2.45) is 5.73 Å². The van der Waals surface area contributed by atoms with Crippen molar-refractivity contribution in [1.82, 2.24) is 0 Å². The molecule has 1 aromatic carbocycles. The molecule has 1 rings (SSSR count). The summed E-state index contributed by atoms with van der Waals surface area (Å²) in [6.45, 7) is 0. The van der Waals surface area contributed by atoms with E-state index in [0.717, 1.165) is 0 Å². The van der Waals surface area contributed by atoms with Gasteiger partial charge in [-0.05, 0) is 28.1 Å². The van der Waals surface area contributed by atoms with E-state index in [4.69, 9.17) is 11.1 Å². The molecule has 0 radical (unpaired) electrons. The maximum absolute atomic E-state index is 13.4. The van der Waals surface area contributed by atoms with Crippen molar-refractivity contribution >= 4 is 27.5 Å². The van der Waals surface area contributed by atoms with Gasteiger partial charge in [-0.2, -0.15) is 0 Å². The first kappa shape index (κ1) is 9.98. The minimum absolute atomic E-state index is 0.159. The second-order valence-corrected chi connectivity index (χ2v) is 3.25. The van der Waals surface area contributed by atoms with Crippen molar-refractivity contribution in [3.63, 3.8) is 0 Å². The molecule has 0 aliphatic rings. The van der Waals surface area contributed by atoms with Crippen LogP contribution >= 0.6 is 15.9 Å². The summed E-state index contributed by atoms with van der Waals surface area (Å²) < 4.78 is 13.6. The zero-order chi connectivity index (χ0) is 10.0. The van der Waals surface area contributed by atoms with Crippen LogP contribution in [0.2, 0.25) is 0 Å². The van der Waals surface area contributed by atoms with Gasteiger partial charge in [-0.15, -0.1) is 0 Å². The van der Waals surface area contributed by atoms with Gasteiger partial charge in [0.05, 0.1) is 10.2 Å². The summed E-state index contributed by atoms with van der Waals surface area (Å²) in [4.78, 5) is 0. The van der Waals surface area contributed by atoms with Crippen LogP contribution in [0.3, 0.4) is 0 Å². The van der Waals surface area contributed by atoms with Gasteiger partial charge < -0.3 is 11.1 Å². The molecule has 0 saturated carbocycles. The molecule has 0 aromatic heterocycles. The highest BCUT2D eigenvalue weighted by atomic mass is 79.9. The Bertz CT molecular complexity index is 351. The molecular formula is C8H9BrFN3. The number of anilines is 1. The van der Waals surface area contributed by atoms with Crippen LogP contribution < -0.4 is 11.1 Å². The van der Waals surface area contributed by atoms with Crippen LogP contribution in [-0.4, -0.2) is 12.9 Å². The number of hydrogen-bond acceptors (Lipinski definition) is 2. The van der Waals surface area contributed by atoms with Crippen molar-refractivity contribution in [1.29, 1.82) is 5.41 Å². The van der Waals surface area contributed by atoms with Gasteiger partial charge in [0.25, 0.3) is 0 Å². The van der Waals surface area contributed by atoms with Crippen molar-refractivity contribution < 1.29 is 4.39 Å². The van der Waals surface area contributed by atoms with Crippen LogP contribution in [0.25, 0.3) is 0 Å². The van der Waals surface area contributed by atoms with Crippen molar-refractivity contribution in [3.05, 3.63) is 28.0 Å². The van der Waals surface area contributed by atoms with Crippen LogP contribution in [-0.2, 0) is 0 Å². The largest absolute Gasteiger partial charge is 0.386 e. The summed E-state index contributed by atoms with van der Waals surface area (Å²) in [6.07, 6.45) is 0. The highest BCUT2D eigenvalue weighted by Gasteiger charge is 2.11. The summed E-state index contributed by atoms with van der Waals surface area (Å²) >= 11 is 3.04. The predicted molar refractivity (Wildman–Crippen MR) is 54.7 cm³/mol. The number of nitrogens with one attached hydrogen (secondary N) is 2. The van der Waals surface area contributed by atoms with E-state index in [1.807, 2.05) is 0 Å². The molecule has 0 fully saturated rings. The van der Waals surface area contributed by atoms with E-state index in [0.29, 0.717) is 11.3 Å². The number of nitrogen functional groups attached to an aromatic ring is 1. The summed E-state index contributed by atoms with van der Waals surface area (Å²) in [5.74, 6) is -0.594. The number of rotatable bonds is 2. The molecule has 13 heavy (non-hydrogen) atoms.